The van der Waals surface area contributed by atoms with Gasteiger partial charge in [0.25, 0.3) is 0 Å². The second-order valence-corrected chi connectivity index (χ2v) is 6.72. The molecule has 0 amide bonds. The molecular formula is C19H17BrN4O2. The number of rotatable bonds is 4. The highest BCUT2D eigenvalue weighted by Crippen LogP contribution is 2.35. The van der Waals surface area contributed by atoms with E-state index < -0.39 is 0 Å². The Morgan fingerprint density at radius 1 is 1.08 bits per heavy atom. The fourth-order valence-electron chi connectivity index (χ4n) is 3.03. The van der Waals surface area contributed by atoms with Crippen molar-refractivity contribution in [3.05, 3.63) is 70.5 Å². The first-order valence-corrected chi connectivity index (χ1v) is 8.85. The summed E-state index contributed by atoms with van der Waals surface area (Å²) in [4.78, 5) is 4.34. The second-order valence-electron chi connectivity index (χ2n) is 5.80. The molecule has 0 fully saturated rings. The molecule has 7 heteroatoms. The maximum Gasteiger partial charge on any atom is 0.226 e. The number of hydrogen-bond acceptors (Lipinski definition) is 5. The van der Waals surface area contributed by atoms with Gasteiger partial charge in [0, 0.05) is 15.7 Å². The van der Waals surface area contributed by atoms with Gasteiger partial charge < -0.3 is 14.8 Å². The first-order chi connectivity index (χ1) is 12.7. The van der Waals surface area contributed by atoms with Crippen molar-refractivity contribution in [1.82, 2.24) is 14.8 Å². The minimum atomic E-state index is -0.0608. The van der Waals surface area contributed by atoms with Crippen molar-refractivity contribution in [3.8, 4) is 11.5 Å². The molecule has 0 saturated carbocycles. The smallest absolute Gasteiger partial charge is 0.226 e. The minimum Gasteiger partial charge on any atom is -0.493 e. The molecular weight excluding hydrogens is 396 g/mol. The zero-order chi connectivity index (χ0) is 18.1. The standard InChI is InChI=1S/C19H17BrN4O2/c1-25-17-7-6-12(9-18(17)26-2)15-10-16(13-4-3-5-14(20)8-13)24-19(23-15)21-11-22-24/h3-11,16H,1-2H3,(H,21,22,23)/t16-/m0/s1. The van der Waals surface area contributed by atoms with Crippen LogP contribution in [-0.4, -0.2) is 29.0 Å². The van der Waals surface area contributed by atoms with Crippen molar-refractivity contribution >= 4 is 27.6 Å². The van der Waals surface area contributed by atoms with Gasteiger partial charge in [-0.25, -0.2) is 4.68 Å². The second kappa shape index (κ2) is 6.84. The van der Waals surface area contributed by atoms with E-state index in [0.29, 0.717) is 17.4 Å². The minimum absolute atomic E-state index is 0.0608. The van der Waals surface area contributed by atoms with Crippen molar-refractivity contribution < 1.29 is 9.47 Å². The molecule has 0 saturated heterocycles. The number of aromatic nitrogens is 3. The highest BCUT2D eigenvalue weighted by molar-refractivity contribution is 9.10. The van der Waals surface area contributed by atoms with Crippen LogP contribution in [0.25, 0.3) is 5.70 Å². The first-order valence-electron chi connectivity index (χ1n) is 8.06. The van der Waals surface area contributed by atoms with E-state index in [9.17, 15) is 0 Å². The van der Waals surface area contributed by atoms with Crippen LogP contribution in [0.15, 0.2) is 59.3 Å². The van der Waals surface area contributed by atoms with Crippen molar-refractivity contribution in [2.24, 2.45) is 0 Å². The molecule has 0 aliphatic carbocycles. The predicted octanol–water partition coefficient (Wildman–Crippen LogP) is 4.11. The molecule has 1 aliphatic rings. The highest BCUT2D eigenvalue weighted by atomic mass is 79.9. The van der Waals surface area contributed by atoms with Crippen LogP contribution in [0.3, 0.4) is 0 Å². The summed E-state index contributed by atoms with van der Waals surface area (Å²) in [5, 5.41) is 7.71. The number of nitrogens with zero attached hydrogens (tertiary/aromatic N) is 3. The SMILES string of the molecule is COc1ccc(C2=C[C@@H](c3cccc(Br)c3)n3ncnc3N2)cc1OC. The van der Waals surface area contributed by atoms with Crippen molar-refractivity contribution in [2.75, 3.05) is 19.5 Å². The lowest BCUT2D eigenvalue weighted by Gasteiger charge is -2.25. The number of hydrogen-bond donors (Lipinski definition) is 1. The number of benzene rings is 2. The third-order valence-electron chi connectivity index (χ3n) is 4.29. The van der Waals surface area contributed by atoms with E-state index in [1.54, 1.807) is 20.5 Å². The molecule has 0 spiro atoms. The van der Waals surface area contributed by atoms with Gasteiger partial charge in [-0.2, -0.15) is 10.1 Å². The van der Waals surface area contributed by atoms with Gasteiger partial charge >= 0.3 is 0 Å². The molecule has 0 bridgehead atoms. The molecule has 1 N–H and O–H groups in total. The van der Waals surface area contributed by atoms with E-state index in [1.165, 1.54) is 0 Å². The zero-order valence-corrected chi connectivity index (χ0v) is 15.9. The Balaban J connectivity index is 1.80. The summed E-state index contributed by atoms with van der Waals surface area (Å²) in [5.74, 6) is 2.07. The van der Waals surface area contributed by atoms with E-state index in [2.05, 4.69) is 49.5 Å². The number of halogens is 1. The molecule has 1 aliphatic heterocycles. The summed E-state index contributed by atoms with van der Waals surface area (Å²) in [6.07, 6.45) is 3.68. The Bertz CT molecular complexity index is 983. The predicted molar refractivity (Wildman–Crippen MR) is 103 cm³/mol. The van der Waals surface area contributed by atoms with Crippen LogP contribution in [0.5, 0.6) is 11.5 Å². The summed E-state index contributed by atoms with van der Waals surface area (Å²) in [7, 11) is 3.26. The molecule has 1 aromatic heterocycles. The summed E-state index contributed by atoms with van der Waals surface area (Å²) in [5.41, 5.74) is 3.04. The van der Waals surface area contributed by atoms with E-state index in [1.807, 2.05) is 35.0 Å². The van der Waals surface area contributed by atoms with Crippen LogP contribution in [0.4, 0.5) is 5.95 Å². The van der Waals surface area contributed by atoms with Crippen LogP contribution >= 0.6 is 15.9 Å². The Morgan fingerprint density at radius 2 is 1.92 bits per heavy atom. The molecule has 2 heterocycles. The van der Waals surface area contributed by atoms with Gasteiger partial charge in [0.2, 0.25) is 5.95 Å². The van der Waals surface area contributed by atoms with E-state index >= 15 is 0 Å². The van der Waals surface area contributed by atoms with Gasteiger partial charge in [-0.05, 0) is 42.0 Å². The first kappa shape index (κ1) is 16.7. The van der Waals surface area contributed by atoms with Gasteiger partial charge in [0.1, 0.15) is 12.4 Å². The Labute approximate surface area is 159 Å². The van der Waals surface area contributed by atoms with Crippen molar-refractivity contribution in [1.29, 1.82) is 0 Å². The fraction of sp³-hybridized carbons (Fsp3) is 0.158. The van der Waals surface area contributed by atoms with Crippen LogP contribution in [0.1, 0.15) is 17.2 Å². The number of allylic oxidation sites excluding steroid dienone is 1. The molecule has 132 valence electrons. The number of nitrogens with one attached hydrogen (secondary N) is 1. The van der Waals surface area contributed by atoms with Crippen LogP contribution in [0.2, 0.25) is 0 Å². The topological polar surface area (TPSA) is 61.2 Å². The largest absolute Gasteiger partial charge is 0.493 e. The Morgan fingerprint density at radius 3 is 2.69 bits per heavy atom. The van der Waals surface area contributed by atoms with Gasteiger partial charge in [-0.1, -0.05) is 28.1 Å². The van der Waals surface area contributed by atoms with Crippen LogP contribution in [0, 0.1) is 0 Å². The fourth-order valence-corrected chi connectivity index (χ4v) is 3.45. The van der Waals surface area contributed by atoms with E-state index in [4.69, 9.17) is 9.47 Å². The average molecular weight is 413 g/mol. The summed E-state index contributed by atoms with van der Waals surface area (Å²) >= 11 is 3.54. The maximum absolute atomic E-state index is 5.43. The lowest BCUT2D eigenvalue weighted by atomic mass is 10.0. The molecule has 0 radical (unpaired) electrons. The molecule has 2 aromatic carbocycles. The zero-order valence-electron chi connectivity index (χ0n) is 14.3. The Kier molecular flexibility index (Phi) is 4.38. The average Bonchev–Trinajstić information content (AvgIpc) is 3.15. The van der Waals surface area contributed by atoms with Crippen LogP contribution in [-0.2, 0) is 0 Å². The summed E-state index contributed by atoms with van der Waals surface area (Å²) in [6, 6.07) is 14.0. The lowest BCUT2D eigenvalue weighted by Crippen LogP contribution is -2.20. The molecule has 4 rings (SSSR count). The third-order valence-corrected chi connectivity index (χ3v) is 4.79. The molecule has 1 atom stereocenters. The number of ether oxygens (including phenoxy) is 2. The monoisotopic (exact) mass is 412 g/mol. The quantitative estimate of drug-likeness (QED) is 0.698. The van der Waals surface area contributed by atoms with Gasteiger partial charge in [-0.15, -0.1) is 0 Å². The van der Waals surface area contributed by atoms with Crippen LogP contribution < -0.4 is 14.8 Å². The van der Waals surface area contributed by atoms with Crippen molar-refractivity contribution in [2.45, 2.75) is 6.04 Å². The number of anilines is 1. The van der Waals surface area contributed by atoms with E-state index in [0.717, 1.165) is 21.3 Å². The third kappa shape index (κ3) is 2.94. The molecule has 6 nitrogen and oxygen atoms in total. The van der Waals surface area contributed by atoms with Gasteiger partial charge in [-0.3, -0.25) is 0 Å². The highest BCUT2D eigenvalue weighted by Gasteiger charge is 2.24. The van der Waals surface area contributed by atoms with E-state index in [-0.39, 0.29) is 6.04 Å². The van der Waals surface area contributed by atoms with Gasteiger partial charge in [0.15, 0.2) is 11.5 Å². The summed E-state index contributed by atoms with van der Waals surface area (Å²) in [6.45, 7) is 0. The Hall–Kier alpha value is -2.80. The number of methoxy groups -OCH3 is 2. The lowest BCUT2D eigenvalue weighted by molar-refractivity contribution is 0.355. The summed E-state index contributed by atoms with van der Waals surface area (Å²) < 4.78 is 13.7. The molecule has 3 aromatic rings. The number of fused-ring (bicyclic) bond motifs is 1. The molecule has 0 unspecified atom stereocenters. The normalized spacial score (nSPS) is 15.7. The van der Waals surface area contributed by atoms with Crippen molar-refractivity contribution in [3.63, 3.8) is 0 Å². The molecule has 26 heavy (non-hydrogen) atoms. The van der Waals surface area contributed by atoms with Gasteiger partial charge in [0.05, 0.1) is 14.2 Å². The maximum atomic E-state index is 5.43.